The highest BCUT2D eigenvalue weighted by Crippen LogP contribution is 2.43. The highest BCUT2D eigenvalue weighted by Gasteiger charge is 2.16. The predicted octanol–water partition coefficient (Wildman–Crippen LogP) is 4.19. The van der Waals surface area contributed by atoms with E-state index in [0.717, 1.165) is 8.95 Å². The largest absolute Gasteiger partial charge is 0.397 e. The molecule has 0 spiro atoms. The lowest BCUT2D eigenvalue weighted by atomic mass is 10.2. The van der Waals surface area contributed by atoms with Gasteiger partial charge in [-0.1, -0.05) is 0 Å². The summed E-state index contributed by atoms with van der Waals surface area (Å²) in [5, 5.41) is 8.82. The van der Waals surface area contributed by atoms with Gasteiger partial charge in [0.2, 0.25) is 0 Å². The quantitative estimate of drug-likeness (QED) is 0.379. The number of rotatable bonds is 0. The molecule has 0 unspecified atom stereocenters. The zero-order chi connectivity index (χ0) is 10.2. The molecule has 0 fully saturated rings. The molecule has 0 heterocycles. The van der Waals surface area contributed by atoms with Crippen LogP contribution < -0.4 is 5.73 Å². The number of hydrogen-bond donors (Lipinski definition) is 1. The van der Waals surface area contributed by atoms with Crippen LogP contribution in [0, 0.1) is 11.3 Å². The zero-order valence-corrected chi connectivity index (χ0v) is 12.4. The molecule has 1 aromatic rings. The Morgan fingerprint density at radius 3 is 1.85 bits per heavy atom. The molecular weight excluding hydrogens is 432 g/mol. The summed E-state index contributed by atoms with van der Waals surface area (Å²) in [6.45, 7) is 0. The highest BCUT2D eigenvalue weighted by molar-refractivity contribution is 9.15. The van der Waals surface area contributed by atoms with Gasteiger partial charge in [-0.2, -0.15) is 5.26 Å². The third-order valence-electron chi connectivity index (χ3n) is 1.42. The van der Waals surface area contributed by atoms with E-state index >= 15 is 0 Å². The summed E-state index contributed by atoms with van der Waals surface area (Å²) < 4.78 is 2.89. The number of nitrogens with zero attached hydrogens (tertiary/aromatic N) is 1. The maximum absolute atomic E-state index is 8.82. The van der Waals surface area contributed by atoms with Gasteiger partial charge in [0, 0.05) is 8.95 Å². The van der Waals surface area contributed by atoms with E-state index < -0.39 is 0 Å². The minimum absolute atomic E-state index is 0.418. The molecule has 0 bridgehead atoms. The third-order valence-corrected chi connectivity index (χ3v) is 6.21. The van der Waals surface area contributed by atoms with Crippen molar-refractivity contribution in [3.8, 4) is 6.07 Å². The fourth-order valence-electron chi connectivity index (χ4n) is 0.758. The summed E-state index contributed by atoms with van der Waals surface area (Å²) in [7, 11) is 0. The Morgan fingerprint density at radius 1 is 0.923 bits per heavy atom. The van der Waals surface area contributed by atoms with Crippen LogP contribution in [-0.4, -0.2) is 0 Å². The molecule has 1 rings (SSSR count). The number of hydrogen-bond acceptors (Lipinski definition) is 2. The summed E-state index contributed by atoms with van der Waals surface area (Å²) in [6.07, 6.45) is 0. The smallest absolute Gasteiger partial charge is 0.103 e. The van der Waals surface area contributed by atoms with Gasteiger partial charge in [-0.3, -0.25) is 0 Å². The summed E-state index contributed by atoms with van der Waals surface area (Å²) >= 11 is 13.2. The Kier molecular flexibility index (Phi) is 3.81. The first-order valence-electron chi connectivity index (χ1n) is 3.02. The molecule has 1 aromatic carbocycles. The highest BCUT2D eigenvalue weighted by atomic mass is 79.9. The molecule has 0 aliphatic rings. The van der Waals surface area contributed by atoms with Crippen molar-refractivity contribution in [1.82, 2.24) is 0 Å². The average molecular weight is 434 g/mol. The van der Waals surface area contributed by atoms with Crippen LogP contribution in [0.1, 0.15) is 5.56 Å². The first-order chi connectivity index (χ1) is 6.00. The molecule has 0 atom stereocenters. The zero-order valence-electron chi connectivity index (χ0n) is 6.04. The van der Waals surface area contributed by atoms with Crippen LogP contribution in [-0.2, 0) is 0 Å². The van der Waals surface area contributed by atoms with Crippen LogP contribution >= 0.6 is 63.7 Å². The van der Waals surface area contributed by atoms with Crippen LogP contribution in [0.25, 0.3) is 0 Å². The van der Waals surface area contributed by atoms with Crippen molar-refractivity contribution >= 4 is 69.4 Å². The molecule has 0 amide bonds. The van der Waals surface area contributed by atoms with Gasteiger partial charge in [-0.05, 0) is 63.7 Å². The molecule has 0 aromatic heterocycles. The minimum Gasteiger partial charge on any atom is -0.397 e. The van der Waals surface area contributed by atoms with E-state index in [-0.39, 0.29) is 0 Å². The van der Waals surface area contributed by atoms with Crippen molar-refractivity contribution in [3.05, 3.63) is 23.5 Å². The summed E-state index contributed by atoms with van der Waals surface area (Å²) in [5.41, 5.74) is 6.55. The van der Waals surface area contributed by atoms with E-state index in [0.29, 0.717) is 20.2 Å². The maximum Gasteiger partial charge on any atom is 0.103 e. The molecule has 0 saturated carbocycles. The molecule has 0 aliphatic carbocycles. The molecule has 6 heteroatoms. The Labute approximate surface area is 109 Å². The van der Waals surface area contributed by atoms with Gasteiger partial charge in [0.05, 0.1) is 20.2 Å². The van der Waals surface area contributed by atoms with Gasteiger partial charge in [-0.15, -0.1) is 0 Å². The standard InChI is InChI=1S/C7H2Br4N2/c8-3-2(1-12)7(13)6(11)5(10)4(3)9/h13H2. The number of benzene rings is 1. The predicted molar refractivity (Wildman–Crippen MR) is 66.4 cm³/mol. The first kappa shape index (κ1) is 11.5. The van der Waals surface area contributed by atoms with E-state index in [4.69, 9.17) is 11.0 Å². The first-order valence-corrected chi connectivity index (χ1v) is 6.19. The van der Waals surface area contributed by atoms with Gasteiger partial charge in [0.1, 0.15) is 6.07 Å². The lowest BCUT2D eigenvalue weighted by Gasteiger charge is -2.08. The van der Waals surface area contributed by atoms with E-state index in [1.165, 1.54) is 0 Å². The topological polar surface area (TPSA) is 49.8 Å². The van der Waals surface area contributed by atoms with Crippen LogP contribution in [0.3, 0.4) is 0 Å². The lowest BCUT2D eigenvalue weighted by molar-refractivity contribution is 1.41. The molecule has 0 radical (unpaired) electrons. The Hall–Kier alpha value is 0.430. The SMILES string of the molecule is N#Cc1c(N)c(Br)c(Br)c(Br)c1Br. The van der Waals surface area contributed by atoms with Crippen molar-refractivity contribution < 1.29 is 0 Å². The Morgan fingerprint density at radius 2 is 1.38 bits per heavy atom. The molecule has 0 saturated heterocycles. The second kappa shape index (κ2) is 4.30. The van der Waals surface area contributed by atoms with Crippen molar-refractivity contribution in [1.29, 1.82) is 5.26 Å². The van der Waals surface area contributed by atoms with Crippen molar-refractivity contribution in [3.63, 3.8) is 0 Å². The van der Waals surface area contributed by atoms with Crippen molar-refractivity contribution in [2.75, 3.05) is 5.73 Å². The molecular formula is C7H2Br4N2. The fourth-order valence-corrected chi connectivity index (χ4v) is 3.00. The van der Waals surface area contributed by atoms with Crippen molar-refractivity contribution in [2.24, 2.45) is 0 Å². The Balaban J connectivity index is 3.69. The number of nitriles is 1. The third kappa shape index (κ3) is 1.94. The second-order valence-corrected chi connectivity index (χ2v) is 5.33. The lowest BCUT2D eigenvalue weighted by Crippen LogP contribution is -1.95. The molecule has 13 heavy (non-hydrogen) atoms. The van der Waals surface area contributed by atoms with Crippen LogP contribution in [0.5, 0.6) is 0 Å². The second-order valence-electron chi connectivity index (χ2n) is 2.16. The number of halogens is 4. The molecule has 68 valence electrons. The summed E-state index contributed by atoms with van der Waals surface area (Å²) in [4.78, 5) is 0. The molecule has 2 nitrogen and oxygen atoms in total. The van der Waals surface area contributed by atoms with Crippen molar-refractivity contribution in [2.45, 2.75) is 0 Å². The van der Waals surface area contributed by atoms with Crippen LogP contribution in [0.15, 0.2) is 17.9 Å². The van der Waals surface area contributed by atoms with E-state index in [2.05, 4.69) is 63.7 Å². The number of anilines is 1. The van der Waals surface area contributed by atoms with Gasteiger partial charge < -0.3 is 5.73 Å². The van der Waals surface area contributed by atoms with Gasteiger partial charge in [0.15, 0.2) is 0 Å². The normalized spacial score (nSPS) is 9.77. The Bertz CT molecular complexity index is 379. The number of nitrogens with two attached hydrogens (primary N) is 1. The molecule has 2 N–H and O–H groups in total. The minimum atomic E-state index is 0.418. The van der Waals surface area contributed by atoms with E-state index in [1.807, 2.05) is 6.07 Å². The number of nitrogen functional groups attached to an aromatic ring is 1. The maximum atomic E-state index is 8.82. The van der Waals surface area contributed by atoms with E-state index in [1.54, 1.807) is 0 Å². The van der Waals surface area contributed by atoms with Gasteiger partial charge in [0.25, 0.3) is 0 Å². The van der Waals surface area contributed by atoms with Crippen LogP contribution in [0.2, 0.25) is 0 Å². The molecule has 0 aliphatic heterocycles. The van der Waals surface area contributed by atoms with E-state index in [9.17, 15) is 0 Å². The summed E-state index contributed by atoms with van der Waals surface area (Å²) in [5.74, 6) is 0. The van der Waals surface area contributed by atoms with Crippen LogP contribution in [0.4, 0.5) is 5.69 Å². The average Bonchev–Trinajstić information content (AvgIpc) is 2.13. The monoisotopic (exact) mass is 430 g/mol. The summed E-state index contributed by atoms with van der Waals surface area (Å²) in [6, 6.07) is 2.02. The van der Waals surface area contributed by atoms with Gasteiger partial charge >= 0.3 is 0 Å². The fraction of sp³-hybridized carbons (Fsp3) is 0. The van der Waals surface area contributed by atoms with Gasteiger partial charge in [-0.25, -0.2) is 0 Å².